The maximum atomic E-state index is 13.2. The first-order valence-electron chi connectivity index (χ1n) is 5.67. The van der Waals surface area contributed by atoms with Gasteiger partial charge in [-0.1, -0.05) is 22.0 Å². The van der Waals surface area contributed by atoms with E-state index in [2.05, 4.69) is 21.2 Å². The summed E-state index contributed by atoms with van der Waals surface area (Å²) in [5, 5.41) is 12.2. The molecule has 0 radical (unpaired) electrons. The number of benzene rings is 2. The second kappa shape index (κ2) is 5.57. The molecular formula is C14H12BrF2NO. The summed E-state index contributed by atoms with van der Waals surface area (Å²) >= 11 is 3.29. The van der Waals surface area contributed by atoms with Crippen LogP contribution in [0, 0.1) is 11.6 Å². The molecule has 0 aliphatic carbocycles. The zero-order chi connectivity index (χ0) is 14.0. The molecule has 2 nitrogen and oxygen atoms in total. The highest BCUT2D eigenvalue weighted by Crippen LogP contribution is 2.28. The normalized spacial score (nSPS) is 12.2. The SMILES string of the molecule is CC(Nc1ccc(O)c(F)c1)c1ccc(F)cc1Br. The number of nitrogens with one attached hydrogen (secondary N) is 1. The fourth-order valence-electron chi connectivity index (χ4n) is 1.78. The van der Waals surface area contributed by atoms with E-state index in [1.165, 1.54) is 24.3 Å². The van der Waals surface area contributed by atoms with Crippen LogP contribution in [-0.2, 0) is 0 Å². The molecule has 0 aliphatic rings. The first kappa shape index (κ1) is 13.8. The van der Waals surface area contributed by atoms with Crippen molar-refractivity contribution in [3.8, 4) is 5.75 Å². The second-order valence-electron chi connectivity index (χ2n) is 4.20. The summed E-state index contributed by atoms with van der Waals surface area (Å²) in [6.07, 6.45) is 0. The van der Waals surface area contributed by atoms with Crippen molar-refractivity contribution in [1.29, 1.82) is 0 Å². The first-order chi connectivity index (χ1) is 8.97. The molecule has 0 bridgehead atoms. The van der Waals surface area contributed by atoms with Gasteiger partial charge in [-0.2, -0.15) is 0 Å². The van der Waals surface area contributed by atoms with Crippen molar-refractivity contribution in [2.24, 2.45) is 0 Å². The lowest BCUT2D eigenvalue weighted by molar-refractivity contribution is 0.432. The van der Waals surface area contributed by atoms with Crippen LogP contribution in [0.1, 0.15) is 18.5 Å². The predicted octanol–water partition coefficient (Wildman–Crippen LogP) is 4.61. The maximum absolute atomic E-state index is 13.2. The van der Waals surface area contributed by atoms with Crippen LogP contribution < -0.4 is 5.32 Å². The molecule has 1 unspecified atom stereocenters. The van der Waals surface area contributed by atoms with Crippen molar-refractivity contribution in [1.82, 2.24) is 0 Å². The van der Waals surface area contributed by atoms with Crippen molar-refractivity contribution in [2.45, 2.75) is 13.0 Å². The topological polar surface area (TPSA) is 32.3 Å². The van der Waals surface area contributed by atoms with Gasteiger partial charge in [-0.15, -0.1) is 0 Å². The average Bonchev–Trinajstić information content (AvgIpc) is 2.33. The molecule has 1 atom stereocenters. The number of hydrogen-bond acceptors (Lipinski definition) is 2. The van der Waals surface area contributed by atoms with Gasteiger partial charge in [-0.25, -0.2) is 8.78 Å². The van der Waals surface area contributed by atoms with E-state index in [9.17, 15) is 8.78 Å². The molecule has 2 aromatic rings. The molecule has 0 aromatic heterocycles. The largest absolute Gasteiger partial charge is 0.505 e. The van der Waals surface area contributed by atoms with E-state index in [4.69, 9.17) is 5.11 Å². The van der Waals surface area contributed by atoms with E-state index in [0.29, 0.717) is 10.2 Å². The van der Waals surface area contributed by atoms with Crippen molar-refractivity contribution in [3.05, 3.63) is 58.1 Å². The van der Waals surface area contributed by atoms with Gasteiger partial charge in [0.2, 0.25) is 0 Å². The summed E-state index contributed by atoms with van der Waals surface area (Å²) in [6.45, 7) is 1.88. The Bertz CT molecular complexity index is 604. The van der Waals surface area contributed by atoms with Crippen LogP contribution in [-0.4, -0.2) is 5.11 Å². The Morgan fingerprint density at radius 2 is 1.89 bits per heavy atom. The molecule has 100 valence electrons. The van der Waals surface area contributed by atoms with E-state index >= 15 is 0 Å². The fourth-order valence-corrected chi connectivity index (χ4v) is 2.47. The highest BCUT2D eigenvalue weighted by atomic mass is 79.9. The zero-order valence-electron chi connectivity index (χ0n) is 10.1. The minimum atomic E-state index is -0.685. The smallest absolute Gasteiger partial charge is 0.166 e. The Labute approximate surface area is 118 Å². The molecule has 2 aromatic carbocycles. The van der Waals surface area contributed by atoms with Crippen LogP contribution >= 0.6 is 15.9 Å². The van der Waals surface area contributed by atoms with Crippen LogP contribution in [0.25, 0.3) is 0 Å². The predicted molar refractivity (Wildman–Crippen MR) is 74.2 cm³/mol. The van der Waals surface area contributed by atoms with Gasteiger partial charge in [-0.05, 0) is 36.8 Å². The molecule has 0 heterocycles. The lowest BCUT2D eigenvalue weighted by Crippen LogP contribution is -2.07. The standard InChI is InChI=1S/C14H12BrF2NO/c1-8(11-4-2-9(16)6-12(11)15)18-10-3-5-14(19)13(17)7-10/h2-8,18-19H,1H3. The number of anilines is 1. The van der Waals surface area contributed by atoms with E-state index in [1.807, 2.05) is 6.92 Å². The van der Waals surface area contributed by atoms with Crippen LogP contribution in [0.3, 0.4) is 0 Å². The third-order valence-corrected chi connectivity index (χ3v) is 3.45. The number of phenols is 1. The van der Waals surface area contributed by atoms with Crippen molar-refractivity contribution >= 4 is 21.6 Å². The highest BCUT2D eigenvalue weighted by molar-refractivity contribution is 9.10. The third kappa shape index (κ3) is 3.23. The van der Waals surface area contributed by atoms with Gasteiger partial charge in [0.1, 0.15) is 5.82 Å². The van der Waals surface area contributed by atoms with Gasteiger partial charge in [0, 0.05) is 22.3 Å². The van der Waals surface area contributed by atoms with Crippen LogP contribution in [0.4, 0.5) is 14.5 Å². The molecular weight excluding hydrogens is 316 g/mol. The van der Waals surface area contributed by atoms with Gasteiger partial charge in [0.15, 0.2) is 11.6 Å². The number of rotatable bonds is 3. The van der Waals surface area contributed by atoms with Crippen molar-refractivity contribution in [2.75, 3.05) is 5.32 Å². The summed E-state index contributed by atoms with van der Waals surface area (Å²) in [7, 11) is 0. The summed E-state index contributed by atoms with van der Waals surface area (Å²) < 4.78 is 26.9. The lowest BCUT2D eigenvalue weighted by atomic mass is 10.1. The maximum Gasteiger partial charge on any atom is 0.166 e. The Balaban J connectivity index is 2.20. The van der Waals surface area contributed by atoms with Crippen LogP contribution in [0.2, 0.25) is 0 Å². The summed E-state index contributed by atoms with van der Waals surface area (Å²) in [6, 6.07) is 8.34. The first-order valence-corrected chi connectivity index (χ1v) is 6.46. The van der Waals surface area contributed by atoms with Crippen molar-refractivity contribution in [3.63, 3.8) is 0 Å². The number of halogens is 3. The van der Waals surface area contributed by atoms with Gasteiger partial charge in [0.25, 0.3) is 0 Å². The monoisotopic (exact) mass is 327 g/mol. The van der Waals surface area contributed by atoms with Crippen molar-refractivity contribution < 1.29 is 13.9 Å². The Kier molecular flexibility index (Phi) is 4.04. The number of hydrogen-bond donors (Lipinski definition) is 2. The molecule has 0 amide bonds. The van der Waals surface area contributed by atoms with Gasteiger partial charge in [-0.3, -0.25) is 0 Å². The lowest BCUT2D eigenvalue weighted by Gasteiger charge is -2.17. The third-order valence-electron chi connectivity index (χ3n) is 2.76. The molecule has 5 heteroatoms. The second-order valence-corrected chi connectivity index (χ2v) is 5.05. The van der Waals surface area contributed by atoms with Gasteiger partial charge < -0.3 is 10.4 Å². The van der Waals surface area contributed by atoms with E-state index in [-0.39, 0.29) is 17.6 Å². The quantitative estimate of drug-likeness (QED) is 0.807. The minimum Gasteiger partial charge on any atom is -0.505 e. The minimum absolute atomic E-state index is 0.140. The number of aromatic hydroxyl groups is 1. The Morgan fingerprint density at radius 3 is 2.53 bits per heavy atom. The molecule has 2 N–H and O–H groups in total. The average molecular weight is 328 g/mol. The van der Waals surface area contributed by atoms with E-state index in [0.717, 1.165) is 5.56 Å². The molecule has 0 fully saturated rings. The summed E-state index contributed by atoms with van der Waals surface area (Å²) in [5.74, 6) is -1.39. The highest BCUT2D eigenvalue weighted by Gasteiger charge is 2.11. The Morgan fingerprint density at radius 1 is 1.16 bits per heavy atom. The van der Waals surface area contributed by atoms with Gasteiger partial charge in [0.05, 0.1) is 0 Å². The van der Waals surface area contributed by atoms with Crippen LogP contribution in [0.5, 0.6) is 5.75 Å². The fraction of sp³-hybridized carbons (Fsp3) is 0.143. The molecule has 0 saturated heterocycles. The molecule has 0 spiro atoms. The number of phenolic OH excluding ortho intramolecular Hbond substituents is 1. The van der Waals surface area contributed by atoms with Gasteiger partial charge >= 0.3 is 0 Å². The van der Waals surface area contributed by atoms with Crippen LogP contribution in [0.15, 0.2) is 40.9 Å². The molecule has 0 aliphatic heterocycles. The molecule has 2 rings (SSSR count). The molecule has 0 saturated carbocycles. The summed E-state index contributed by atoms with van der Waals surface area (Å²) in [5.41, 5.74) is 1.40. The zero-order valence-corrected chi connectivity index (χ0v) is 11.7. The molecule has 19 heavy (non-hydrogen) atoms. The van der Waals surface area contributed by atoms with E-state index < -0.39 is 5.82 Å². The Hall–Kier alpha value is -1.62. The summed E-state index contributed by atoms with van der Waals surface area (Å²) in [4.78, 5) is 0. The van der Waals surface area contributed by atoms with E-state index in [1.54, 1.807) is 12.1 Å².